The standard InChI is InChI=1S/C8H17FN2/c1-8(3-2-5-11-8)7-10-6-4-9/h10-11H,2-7H2,1H3. The fraction of sp³-hybridized carbons (Fsp3) is 1.00. The van der Waals surface area contributed by atoms with Crippen molar-refractivity contribution in [3.8, 4) is 0 Å². The first-order chi connectivity index (χ1) is 5.27. The first-order valence-electron chi connectivity index (χ1n) is 4.29. The normalized spacial score (nSPS) is 31.1. The van der Waals surface area contributed by atoms with E-state index in [9.17, 15) is 4.39 Å². The van der Waals surface area contributed by atoms with E-state index in [-0.39, 0.29) is 12.2 Å². The highest BCUT2D eigenvalue weighted by molar-refractivity contribution is 4.90. The van der Waals surface area contributed by atoms with Gasteiger partial charge in [0.2, 0.25) is 0 Å². The van der Waals surface area contributed by atoms with Crippen LogP contribution < -0.4 is 10.6 Å². The van der Waals surface area contributed by atoms with E-state index in [1.54, 1.807) is 0 Å². The summed E-state index contributed by atoms with van der Waals surface area (Å²) in [7, 11) is 0. The number of alkyl halides is 1. The Bertz CT molecular complexity index is 111. The van der Waals surface area contributed by atoms with Crippen LogP contribution in [0.1, 0.15) is 19.8 Å². The molecule has 1 unspecified atom stereocenters. The van der Waals surface area contributed by atoms with Crippen LogP contribution in [0.15, 0.2) is 0 Å². The third kappa shape index (κ3) is 2.75. The summed E-state index contributed by atoms with van der Waals surface area (Å²) in [6, 6.07) is 0. The Balaban J connectivity index is 2.13. The van der Waals surface area contributed by atoms with Gasteiger partial charge in [0.15, 0.2) is 0 Å². The summed E-state index contributed by atoms with van der Waals surface area (Å²) in [6.07, 6.45) is 2.44. The van der Waals surface area contributed by atoms with Gasteiger partial charge in [0.1, 0.15) is 6.67 Å². The van der Waals surface area contributed by atoms with E-state index in [4.69, 9.17) is 0 Å². The van der Waals surface area contributed by atoms with Crippen molar-refractivity contribution in [3.05, 3.63) is 0 Å². The predicted octanol–water partition coefficient (Wildman–Crippen LogP) is 0.688. The molecular formula is C8H17FN2. The molecule has 0 aliphatic carbocycles. The van der Waals surface area contributed by atoms with Gasteiger partial charge in [-0.1, -0.05) is 0 Å². The first-order valence-corrected chi connectivity index (χ1v) is 4.29. The molecule has 0 saturated carbocycles. The summed E-state index contributed by atoms with van der Waals surface area (Å²) in [5.41, 5.74) is 0.217. The molecule has 1 atom stereocenters. The molecule has 1 heterocycles. The van der Waals surface area contributed by atoms with Crippen molar-refractivity contribution in [2.45, 2.75) is 25.3 Å². The molecule has 2 N–H and O–H groups in total. The van der Waals surface area contributed by atoms with E-state index >= 15 is 0 Å². The van der Waals surface area contributed by atoms with Gasteiger partial charge in [-0.25, -0.2) is 4.39 Å². The summed E-state index contributed by atoms with van der Waals surface area (Å²) in [5, 5.41) is 6.49. The van der Waals surface area contributed by atoms with Crippen LogP contribution >= 0.6 is 0 Å². The van der Waals surface area contributed by atoms with Gasteiger partial charge in [-0.2, -0.15) is 0 Å². The van der Waals surface area contributed by atoms with Crippen molar-refractivity contribution in [2.24, 2.45) is 0 Å². The van der Waals surface area contributed by atoms with Crippen molar-refractivity contribution in [3.63, 3.8) is 0 Å². The van der Waals surface area contributed by atoms with Crippen LogP contribution in [0.3, 0.4) is 0 Å². The van der Waals surface area contributed by atoms with E-state index in [0.717, 1.165) is 13.1 Å². The molecular weight excluding hydrogens is 143 g/mol. The highest BCUT2D eigenvalue weighted by atomic mass is 19.1. The SMILES string of the molecule is CC1(CNCCF)CCCN1. The molecule has 0 spiro atoms. The van der Waals surface area contributed by atoms with Crippen LogP contribution in [-0.4, -0.2) is 31.8 Å². The average molecular weight is 160 g/mol. The Morgan fingerprint density at radius 2 is 2.45 bits per heavy atom. The van der Waals surface area contributed by atoms with Crippen molar-refractivity contribution in [1.82, 2.24) is 10.6 Å². The van der Waals surface area contributed by atoms with Gasteiger partial charge in [-0.05, 0) is 26.3 Å². The van der Waals surface area contributed by atoms with Gasteiger partial charge in [0.25, 0.3) is 0 Å². The lowest BCUT2D eigenvalue weighted by Crippen LogP contribution is -2.46. The third-order valence-corrected chi connectivity index (χ3v) is 2.24. The summed E-state index contributed by atoms with van der Waals surface area (Å²) >= 11 is 0. The quantitative estimate of drug-likeness (QED) is 0.591. The summed E-state index contributed by atoms with van der Waals surface area (Å²) in [4.78, 5) is 0. The summed E-state index contributed by atoms with van der Waals surface area (Å²) < 4.78 is 11.7. The van der Waals surface area contributed by atoms with Crippen molar-refractivity contribution in [1.29, 1.82) is 0 Å². The Labute approximate surface area is 67.6 Å². The van der Waals surface area contributed by atoms with Crippen LogP contribution in [0.25, 0.3) is 0 Å². The van der Waals surface area contributed by atoms with E-state index in [2.05, 4.69) is 17.6 Å². The van der Waals surface area contributed by atoms with Crippen molar-refractivity contribution in [2.75, 3.05) is 26.3 Å². The predicted molar refractivity (Wildman–Crippen MR) is 44.5 cm³/mol. The third-order valence-electron chi connectivity index (χ3n) is 2.24. The maximum Gasteiger partial charge on any atom is 0.102 e. The fourth-order valence-corrected chi connectivity index (χ4v) is 1.54. The van der Waals surface area contributed by atoms with Gasteiger partial charge >= 0.3 is 0 Å². The molecule has 3 heteroatoms. The Kier molecular flexibility index (Phi) is 3.27. The van der Waals surface area contributed by atoms with Gasteiger partial charge in [-0.15, -0.1) is 0 Å². The lowest BCUT2D eigenvalue weighted by Gasteiger charge is -2.24. The highest BCUT2D eigenvalue weighted by Crippen LogP contribution is 2.16. The van der Waals surface area contributed by atoms with Crippen LogP contribution in [0, 0.1) is 0 Å². The van der Waals surface area contributed by atoms with Gasteiger partial charge in [0, 0.05) is 18.6 Å². The molecule has 1 saturated heterocycles. The second-order valence-electron chi connectivity index (χ2n) is 3.46. The monoisotopic (exact) mass is 160 g/mol. The molecule has 1 rings (SSSR count). The van der Waals surface area contributed by atoms with Crippen molar-refractivity contribution < 1.29 is 4.39 Å². The van der Waals surface area contributed by atoms with Crippen LogP contribution in [0.4, 0.5) is 4.39 Å². The Morgan fingerprint density at radius 3 is 3.00 bits per heavy atom. The largest absolute Gasteiger partial charge is 0.312 e. The molecule has 0 aromatic rings. The zero-order valence-electron chi connectivity index (χ0n) is 7.12. The second-order valence-corrected chi connectivity index (χ2v) is 3.46. The topological polar surface area (TPSA) is 24.1 Å². The number of rotatable bonds is 4. The molecule has 1 fully saturated rings. The lowest BCUT2D eigenvalue weighted by atomic mass is 10.0. The smallest absolute Gasteiger partial charge is 0.102 e. The zero-order valence-corrected chi connectivity index (χ0v) is 7.12. The Hall–Kier alpha value is -0.150. The minimum atomic E-state index is -0.268. The minimum Gasteiger partial charge on any atom is -0.312 e. The summed E-state index contributed by atoms with van der Waals surface area (Å²) in [6.45, 7) is 4.39. The molecule has 0 aromatic carbocycles. The maximum absolute atomic E-state index is 11.7. The molecule has 66 valence electrons. The van der Waals surface area contributed by atoms with E-state index < -0.39 is 0 Å². The molecule has 0 amide bonds. The molecule has 2 nitrogen and oxygen atoms in total. The molecule has 0 bridgehead atoms. The fourth-order valence-electron chi connectivity index (χ4n) is 1.54. The maximum atomic E-state index is 11.7. The molecule has 0 radical (unpaired) electrons. The van der Waals surface area contributed by atoms with E-state index in [0.29, 0.717) is 6.54 Å². The van der Waals surface area contributed by atoms with Gasteiger partial charge in [0.05, 0.1) is 0 Å². The Morgan fingerprint density at radius 1 is 1.64 bits per heavy atom. The van der Waals surface area contributed by atoms with Crippen LogP contribution in [-0.2, 0) is 0 Å². The molecule has 1 aliphatic heterocycles. The van der Waals surface area contributed by atoms with Crippen molar-refractivity contribution >= 4 is 0 Å². The first kappa shape index (κ1) is 8.94. The second kappa shape index (κ2) is 4.02. The van der Waals surface area contributed by atoms with Gasteiger partial charge in [-0.3, -0.25) is 0 Å². The molecule has 0 aromatic heterocycles. The highest BCUT2D eigenvalue weighted by Gasteiger charge is 2.26. The number of halogens is 1. The van der Waals surface area contributed by atoms with Crippen LogP contribution in [0.5, 0.6) is 0 Å². The minimum absolute atomic E-state index is 0.217. The lowest BCUT2D eigenvalue weighted by molar-refractivity contribution is 0.370. The number of nitrogens with one attached hydrogen (secondary N) is 2. The number of hydrogen-bond donors (Lipinski definition) is 2. The van der Waals surface area contributed by atoms with Gasteiger partial charge < -0.3 is 10.6 Å². The average Bonchev–Trinajstić information content (AvgIpc) is 2.38. The zero-order chi connectivity index (χ0) is 8.16. The van der Waals surface area contributed by atoms with Crippen LogP contribution in [0.2, 0.25) is 0 Å². The van der Waals surface area contributed by atoms with E-state index in [1.807, 2.05) is 0 Å². The van der Waals surface area contributed by atoms with E-state index in [1.165, 1.54) is 12.8 Å². The molecule has 11 heavy (non-hydrogen) atoms. The molecule has 1 aliphatic rings. The number of hydrogen-bond acceptors (Lipinski definition) is 2. The summed E-state index contributed by atoms with van der Waals surface area (Å²) in [5.74, 6) is 0.